The number of nitrogens with zero attached hydrogens (tertiary/aromatic N) is 1. The number of quaternary nitrogens is 2. The third kappa shape index (κ3) is 4.59. The van der Waals surface area contributed by atoms with Crippen LogP contribution < -0.4 is 9.80 Å². The van der Waals surface area contributed by atoms with Gasteiger partial charge in [-0.15, -0.1) is 0 Å². The molecule has 148 valence electrons. The van der Waals surface area contributed by atoms with E-state index in [4.69, 9.17) is 0 Å². The summed E-state index contributed by atoms with van der Waals surface area (Å²) in [6.07, 6.45) is 2.09. The van der Waals surface area contributed by atoms with Gasteiger partial charge < -0.3 is 14.7 Å². The van der Waals surface area contributed by atoms with Gasteiger partial charge >= 0.3 is 0 Å². The molecule has 2 aromatic rings. The van der Waals surface area contributed by atoms with Gasteiger partial charge in [0.25, 0.3) is 5.91 Å². The SMILES string of the molecule is O=C(c1cccc(F)c1)N1CCC([NH+]2CC[NH+](Cc3ccccc3)CC2)CC1. The highest BCUT2D eigenvalue weighted by molar-refractivity contribution is 5.94. The number of halogens is 1. The predicted octanol–water partition coefficient (Wildman–Crippen LogP) is 0.414. The van der Waals surface area contributed by atoms with E-state index in [1.165, 1.54) is 43.9 Å². The zero-order valence-corrected chi connectivity index (χ0v) is 16.4. The Morgan fingerprint density at radius 3 is 2.36 bits per heavy atom. The fraction of sp³-hybridized carbons (Fsp3) is 0.435. The molecule has 2 aliphatic heterocycles. The largest absolute Gasteiger partial charge is 0.338 e. The summed E-state index contributed by atoms with van der Waals surface area (Å²) in [4.78, 5) is 17.9. The summed E-state index contributed by atoms with van der Waals surface area (Å²) in [6.45, 7) is 7.54. The lowest BCUT2D eigenvalue weighted by atomic mass is 10.0. The number of carbonyl (C=O) groups is 1. The number of nitrogens with one attached hydrogen (secondary N) is 2. The molecule has 2 aromatic carbocycles. The smallest absolute Gasteiger partial charge is 0.253 e. The second kappa shape index (κ2) is 8.84. The van der Waals surface area contributed by atoms with E-state index in [-0.39, 0.29) is 11.7 Å². The van der Waals surface area contributed by atoms with E-state index in [9.17, 15) is 9.18 Å². The van der Waals surface area contributed by atoms with E-state index in [0.717, 1.165) is 32.5 Å². The van der Waals surface area contributed by atoms with Gasteiger partial charge in [0.2, 0.25) is 0 Å². The van der Waals surface area contributed by atoms with E-state index >= 15 is 0 Å². The van der Waals surface area contributed by atoms with E-state index in [0.29, 0.717) is 11.6 Å². The molecule has 0 unspecified atom stereocenters. The van der Waals surface area contributed by atoms with Crippen LogP contribution in [-0.4, -0.2) is 56.1 Å². The van der Waals surface area contributed by atoms with E-state index < -0.39 is 0 Å². The Labute approximate surface area is 166 Å². The second-order valence-electron chi connectivity index (χ2n) is 8.15. The third-order valence-electron chi connectivity index (χ3n) is 6.33. The van der Waals surface area contributed by atoms with Crippen molar-refractivity contribution in [1.29, 1.82) is 0 Å². The first-order valence-corrected chi connectivity index (χ1v) is 10.5. The average Bonchev–Trinajstić information content (AvgIpc) is 2.75. The summed E-state index contributed by atoms with van der Waals surface area (Å²) < 4.78 is 13.4. The minimum absolute atomic E-state index is 0.0370. The Hall–Kier alpha value is -2.24. The van der Waals surface area contributed by atoms with Crippen LogP contribution in [0.5, 0.6) is 0 Å². The fourth-order valence-electron chi connectivity index (χ4n) is 4.69. The molecule has 0 aliphatic carbocycles. The molecule has 4 nitrogen and oxygen atoms in total. The molecule has 0 saturated carbocycles. The van der Waals surface area contributed by atoms with Crippen LogP contribution in [0.25, 0.3) is 0 Å². The quantitative estimate of drug-likeness (QED) is 0.787. The topological polar surface area (TPSA) is 29.2 Å². The van der Waals surface area contributed by atoms with Crippen molar-refractivity contribution in [3.8, 4) is 0 Å². The first kappa shape index (κ1) is 19.1. The van der Waals surface area contributed by atoms with Gasteiger partial charge in [0.1, 0.15) is 38.5 Å². The first-order chi connectivity index (χ1) is 13.7. The van der Waals surface area contributed by atoms with Crippen molar-refractivity contribution in [2.75, 3.05) is 39.3 Å². The number of carbonyl (C=O) groups excluding carboxylic acids is 1. The molecule has 2 saturated heterocycles. The van der Waals surface area contributed by atoms with Gasteiger partial charge in [-0.1, -0.05) is 36.4 Å². The average molecular weight is 384 g/mol. The van der Waals surface area contributed by atoms with Crippen molar-refractivity contribution in [3.63, 3.8) is 0 Å². The Bertz CT molecular complexity index is 781. The van der Waals surface area contributed by atoms with Crippen molar-refractivity contribution in [1.82, 2.24) is 4.90 Å². The number of hydrogen-bond donors (Lipinski definition) is 2. The summed E-state index contributed by atoms with van der Waals surface area (Å²) in [5.74, 6) is -0.383. The Balaban J connectivity index is 1.24. The van der Waals surface area contributed by atoms with E-state index in [2.05, 4.69) is 30.3 Å². The number of rotatable bonds is 4. The Morgan fingerprint density at radius 1 is 0.964 bits per heavy atom. The van der Waals surface area contributed by atoms with Gasteiger partial charge in [0.05, 0.1) is 6.04 Å². The number of hydrogen-bond acceptors (Lipinski definition) is 1. The monoisotopic (exact) mass is 383 g/mol. The molecule has 0 radical (unpaired) electrons. The van der Waals surface area contributed by atoms with Crippen molar-refractivity contribution in [3.05, 3.63) is 71.5 Å². The lowest BCUT2D eigenvalue weighted by Crippen LogP contribution is -3.29. The van der Waals surface area contributed by atoms with Gasteiger partial charge in [0.15, 0.2) is 0 Å². The van der Waals surface area contributed by atoms with Gasteiger partial charge in [-0.25, -0.2) is 4.39 Å². The number of piperidine rings is 1. The van der Waals surface area contributed by atoms with Crippen molar-refractivity contribution < 1.29 is 19.0 Å². The van der Waals surface area contributed by atoms with Gasteiger partial charge in [0, 0.05) is 37.1 Å². The summed E-state index contributed by atoms with van der Waals surface area (Å²) in [6, 6.07) is 17.4. The first-order valence-electron chi connectivity index (χ1n) is 10.5. The maximum atomic E-state index is 13.4. The summed E-state index contributed by atoms with van der Waals surface area (Å²) in [5, 5.41) is 0. The number of benzene rings is 2. The Morgan fingerprint density at radius 2 is 1.68 bits per heavy atom. The third-order valence-corrected chi connectivity index (χ3v) is 6.33. The lowest BCUT2D eigenvalue weighted by Gasteiger charge is -2.39. The maximum absolute atomic E-state index is 13.4. The maximum Gasteiger partial charge on any atom is 0.253 e. The Kier molecular flexibility index (Phi) is 6.03. The summed E-state index contributed by atoms with van der Waals surface area (Å²) in [7, 11) is 0. The van der Waals surface area contributed by atoms with Crippen LogP contribution in [0.4, 0.5) is 4.39 Å². The second-order valence-corrected chi connectivity index (χ2v) is 8.15. The molecule has 2 heterocycles. The predicted molar refractivity (Wildman–Crippen MR) is 107 cm³/mol. The molecule has 0 bridgehead atoms. The zero-order chi connectivity index (χ0) is 19.3. The molecular formula is C23H30FN3O+2. The minimum Gasteiger partial charge on any atom is -0.338 e. The zero-order valence-electron chi connectivity index (χ0n) is 16.4. The number of piperazine rings is 1. The number of amides is 1. The van der Waals surface area contributed by atoms with Crippen LogP contribution in [0.3, 0.4) is 0 Å². The molecule has 0 spiro atoms. The molecule has 28 heavy (non-hydrogen) atoms. The van der Waals surface area contributed by atoms with E-state index in [1.807, 2.05) is 4.90 Å². The molecule has 0 aromatic heterocycles. The number of likely N-dealkylation sites (tertiary alicyclic amines) is 1. The van der Waals surface area contributed by atoms with Crippen molar-refractivity contribution in [2.24, 2.45) is 0 Å². The van der Waals surface area contributed by atoms with Crippen molar-refractivity contribution >= 4 is 5.91 Å². The molecule has 2 aliphatic rings. The summed E-state index contributed by atoms with van der Waals surface area (Å²) in [5.41, 5.74) is 1.88. The van der Waals surface area contributed by atoms with Crippen LogP contribution in [0.1, 0.15) is 28.8 Å². The van der Waals surface area contributed by atoms with E-state index in [1.54, 1.807) is 21.9 Å². The molecule has 4 rings (SSSR count). The molecular weight excluding hydrogens is 353 g/mol. The molecule has 2 fully saturated rings. The molecule has 5 heteroatoms. The summed E-state index contributed by atoms with van der Waals surface area (Å²) >= 11 is 0. The molecule has 0 atom stereocenters. The highest BCUT2D eigenvalue weighted by Crippen LogP contribution is 2.13. The minimum atomic E-state index is -0.346. The van der Waals surface area contributed by atoms with Crippen LogP contribution in [0.15, 0.2) is 54.6 Å². The highest BCUT2D eigenvalue weighted by Gasteiger charge is 2.33. The van der Waals surface area contributed by atoms with Crippen molar-refractivity contribution in [2.45, 2.75) is 25.4 Å². The molecule has 2 N–H and O–H groups in total. The van der Waals surface area contributed by atoms with Gasteiger partial charge in [-0.05, 0) is 18.2 Å². The van der Waals surface area contributed by atoms with Gasteiger partial charge in [-0.2, -0.15) is 0 Å². The lowest BCUT2D eigenvalue weighted by molar-refractivity contribution is -1.03. The van der Waals surface area contributed by atoms with Crippen LogP contribution >= 0.6 is 0 Å². The fourth-order valence-corrected chi connectivity index (χ4v) is 4.69. The standard InChI is InChI=1S/C23H28FN3O/c24-21-8-4-7-20(17-21)23(28)27-11-9-22(10-12-27)26-15-13-25(14-16-26)18-19-5-2-1-3-6-19/h1-8,17,22H,9-16,18H2/p+2. The molecule has 1 amide bonds. The van der Waals surface area contributed by atoms with Crippen LogP contribution in [0, 0.1) is 5.82 Å². The van der Waals surface area contributed by atoms with Crippen LogP contribution in [-0.2, 0) is 6.54 Å². The normalized spacial score (nSPS) is 23.5. The highest BCUT2D eigenvalue weighted by atomic mass is 19.1. The van der Waals surface area contributed by atoms with Crippen LogP contribution in [0.2, 0.25) is 0 Å². The van der Waals surface area contributed by atoms with Gasteiger partial charge in [-0.3, -0.25) is 4.79 Å².